The van der Waals surface area contributed by atoms with E-state index in [0.717, 1.165) is 0 Å². The Morgan fingerprint density at radius 3 is 1.85 bits per heavy atom. The first kappa shape index (κ1) is 29.3. The van der Waals surface area contributed by atoms with Crippen molar-refractivity contribution in [3.63, 3.8) is 0 Å². The Balaban J connectivity index is 1.21. The SMILES string of the molecule is CC(C)(C)OC(=O)NC12CC(C(=O)NC(=NO)[C@H]3C[C@@H](O[Si](c4ccccc4)(c4ccccc4)C(C)(C)C)C3)(C1)C2. The van der Waals surface area contributed by atoms with Crippen LogP contribution in [-0.2, 0) is 14.0 Å². The molecule has 2 aromatic rings. The fourth-order valence-corrected chi connectivity index (χ4v) is 11.7. The molecule has 2 bridgehead atoms. The molecule has 2 amide bonds. The molecule has 8 nitrogen and oxygen atoms in total. The number of hydrogen-bond donors (Lipinski definition) is 3. The monoisotopic (exact) mass is 577 g/mol. The maximum Gasteiger partial charge on any atom is 0.408 e. The van der Waals surface area contributed by atoms with Gasteiger partial charge in [0.2, 0.25) is 5.91 Å². The quantitative estimate of drug-likeness (QED) is 0.145. The molecule has 0 atom stereocenters. The molecule has 0 radical (unpaired) electrons. The van der Waals surface area contributed by atoms with Gasteiger partial charge in [-0.15, -0.1) is 0 Å². The summed E-state index contributed by atoms with van der Waals surface area (Å²) in [5.74, 6) is 0.0686. The lowest BCUT2D eigenvalue weighted by Crippen LogP contribution is -2.78. The van der Waals surface area contributed by atoms with Crippen molar-refractivity contribution in [1.29, 1.82) is 0 Å². The second-order valence-corrected chi connectivity index (χ2v) is 18.5. The van der Waals surface area contributed by atoms with Crippen LogP contribution in [-0.4, -0.2) is 48.6 Å². The van der Waals surface area contributed by atoms with Crippen molar-refractivity contribution in [3.05, 3.63) is 60.7 Å². The van der Waals surface area contributed by atoms with E-state index in [9.17, 15) is 14.8 Å². The third-order valence-electron chi connectivity index (χ3n) is 8.87. The summed E-state index contributed by atoms with van der Waals surface area (Å²) in [5.41, 5.74) is -1.47. The number of nitrogens with zero attached hydrogens (tertiary/aromatic N) is 1. The van der Waals surface area contributed by atoms with E-state index in [-0.39, 0.29) is 28.5 Å². The number of amides is 2. The maximum atomic E-state index is 13.2. The van der Waals surface area contributed by atoms with Gasteiger partial charge in [0.15, 0.2) is 5.84 Å². The standard InChI is InChI=1S/C32H43N3O5Si/c1-29(2,3)39-28(37)34-32-19-31(20-32,21-32)27(36)33-26(35-38)22-17-23(18-22)40-41(30(4,5)6,24-13-9-7-10-14-24)25-15-11-8-12-16-25/h7-16,22-23,38H,17-21H2,1-6H3,(H,34,37)(H,33,35,36)/t22-,23+,31?,32?. The van der Waals surface area contributed by atoms with Crippen LogP contribution in [0.5, 0.6) is 0 Å². The van der Waals surface area contributed by atoms with Crippen molar-refractivity contribution in [2.75, 3.05) is 0 Å². The summed E-state index contributed by atoms with van der Waals surface area (Å²) in [4.78, 5) is 25.4. The predicted octanol–water partition coefficient (Wildman–Crippen LogP) is 4.69. The van der Waals surface area contributed by atoms with Gasteiger partial charge in [0.25, 0.3) is 8.32 Å². The molecule has 4 saturated carbocycles. The summed E-state index contributed by atoms with van der Waals surface area (Å²) >= 11 is 0. The molecule has 220 valence electrons. The largest absolute Gasteiger partial charge is 0.444 e. The van der Waals surface area contributed by atoms with Crippen LogP contribution >= 0.6 is 0 Å². The van der Waals surface area contributed by atoms with Crippen LogP contribution in [0.1, 0.15) is 73.6 Å². The third kappa shape index (κ3) is 5.41. The molecule has 3 N–H and O–H groups in total. The molecule has 9 heteroatoms. The zero-order valence-electron chi connectivity index (χ0n) is 25.0. The molecule has 6 rings (SSSR count). The first-order valence-electron chi connectivity index (χ1n) is 14.5. The number of nitrogens with one attached hydrogen (secondary N) is 2. The number of hydrogen-bond acceptors (Lipinski definition) is 6. The molecule has 0 aliphatic heterocycles. The molecule has 0 spiro atoms. The minimum atomic E-state index is -2.68. The van der Waals surface area contributed by atoms with Gasteiger partial charge >= 0.3 is 6.09 Å². The molecule has 2 aromatic carbocycles. The summed E-state index contributed by atoms with van der Waals surface area (Å²) in [7, 11) is -2.68. The van der Waals surface area contributed by atoms with E-state index in [4.69, 9.17) is 9.16 Å². The van der Waals surface area contributed by atoms with E-state index >= 15 is 0 Å². The number of benzene rings is 2. The highest BCUT2D eigenvalue weighted by Crippen LogP contribution is 2.67. The Bertz CT molecular complexity index is 1250. The van der Waals surface area contributed by atoms with Gasteiger partial charge in [0.1, 0.15) is 5.60 Å². The number of carbonyl (C=O) groups excluding carboxylic acids is 2. The molecule has 0 aromatic heterocycles. The van der Waals surface area contributed by atoms with Crippen molar-refractivity contribution in [3.8, 4) is 0 Å². The number of oxime groups is 1. The number of alkyl carbamates (subject to hydrolysis) is 1. The zero-order valence-corrected chi connectivity index (χ0v) is 26.0. The van der Waals surface area contributed by atoms with E-state index in [2.05, 4.69) is 85.1 Å². The molecule has 4 fully saturated rings. The lowest BCUT2D eigenvalue weighted by molar-refractivity contribution is -0.178. The van der Waals surface area contributed by atoms with E-state index in [1.54, 1.807) is 0 Å². The average Bonchev–Trinajstić information content (AvgIpc) is 2.83. The second kappa shape index (κ2) is 10.3. The fourth-order valence-electron chi connectivity index (χ4n) is 6.97. The van der Waals surface area contributed by atoms with Gasteiger partial charge in [-0.3, -0.25) is 4.79 Å². The lowest BCUT2D eigenvalue weighted by Gasteiger charge is -2.68. The molecular formula is C32H43N3O5Si. The number of rotatable bonds is 7. The van der Waals surface area contributed by atoms with Crippen LogP contribution in [0.25, 0.3) is 0 Å². The summed E-state index contributed by atoms with van der Waals surface area (Å²) in [6.07, 6.45) is 2.56. The first-order chi connectivity index (χ1) is 19.2. The van der Waals surface area contributed by atoms with Gasteiger partial charge in [-0.25, -0.2) is 4.79 Å². The molecular weight excluding hydrogens is 534 g/mol. The van der Waals surface area contributed by atoms with Gasteiger partial charge in [0, 0.05) is 17.6 Å². The summed E-state index contributed by atoms with van der Waals surface area (Å²) < 4.78 is 12.5. The minimum Gasteiger partial charge on any atom is -0.444 e. The molecule has 4 aliphatic rings. The normalized spacial score (nSPS) is 27.5. The van der Waals surface area contributed by atoms with Crippen LogP contribution < -0.4 is 21.0 Å². The van der Waals surface area contributed by atoms with Crippen LogP contribution in [0.3, 0.4) is 0 Å². The first-order valence-corrected chi connectivity index (χ1v) is 16.5. The van der Waals surface area contributed by atoms with Crippen LogP contribution in [0.15, 0.2) is 65.8 Å². The van der Waals surface area contributed by atoms with Gasteiger partial charge in [0.05, 0.1) is 5.41 Å². The third-order valence-corrected chi connectivity index (χ3v) is 14.0. The van der Waals surface area contributed by atoms with Crippen molar-refractivity contribution in [2.24, 2.45) is 16.5 Å². The van der Waals surface area contributed by atoms with E-state index in [1.165, 1.54) is 10.4 Å². The highest BCUT2D eigenvalue weighted by Gasteiger charge is 2.72. The Hall–Kier alpha value is -3.17. The Morgan fingerprint density at radius 1 is 0.902 bits per heavy atom. The van der Waals surface area contributed by atoms with Crippen molar-refractivity contribution in [1.82, 2.24) is 10.6 Å². The van der Waals surface area contributed by atoms with Gasteiger partial charge in [-0.1, -0.05) is 86.6 Å². The Kier molecular flexibility index (Phi) is 7.35. The highest BCUT2D eigenvalue weighted by molar-refractivity contribution is 6.99. The molecule has 4 aliphatic carbocycles. The Morgan fingerprint density at radius 2 is 1.41 bits per heavy atom. The minimum absolute atomic E-state index is 0.0174. The Labute approximate surface area is 244 Å². The summed E-state index contributed by atoms with van der Waals surface area (Å²) in [5, 5.41) is 21.5. The molecule has 0 unspecified atom stereocenters. The number of amidine groups is 1. The van der Waals surface area contributed by atoms with E-state index in [1.807, 2.05) is 32.9 Å². The van der Waals surface area contributed by atoms with Crippen molar-refractivity contribution in [2.45, 2.75) is 95.9 Å². The highest BCUT2D eigenvalue weighted by atomic mass is 28.4. The molecule has 0 saturated heterocycles. The van der Waals surface area contributed by atoms with Crippen molar-refractivity contribution < 1.29 is 24.0 Å². The van der Waals surface area contributed by atoms with E-state index < -0.39 is 25.4 Å². The van der Waals surface area contributed by atoms with Crippen molar-refractivity contribution >= 4 is 36.5 Å². The number of carbonyl (C=O) groups is 2. The summed E-state index contributed by atoms with van der Waals surface area (Å²) in [6, 6.07) is 21.1. The smallest absolute Gasteiger partial charge is 0.408 e. The van der Waals surface area contributed by atoms with Gasteiger partial charge < -0.3 is 25.0 Å². The average molecular weight is 578 g/mol. The van der Waals surface area contributed by atoms with Gasteiger partial charge in [-0.2, -0.15) is 0 Å². The molecule has 0 heterocycles. The molecule has 41 heavy (non-hydrogen) atoms. The van der Waals surface area contributed by atoms with E-state index in [0.29, 0.717) is 37.9 Å². The van der Waals surface area contributed by atoms with Gasteiger partial charge in [-0.05, 0) is 68.3 Å². The second-order valence-electron chi connectivity index (χ2n) is 14.2. The fraction of sp³-hybridized carbons (Fsp3) is 0.531. The zero-order chi connectivity index (χ0) is 29.7. The maximum absolute atomic E-state index is 13.2. The topological polar surface area (TPSA) is 109 Å². The predicted molar refractivity (Wildman–Crippen MR) is 161 cm³/mol. The van der Waals surface area contributed by atoms with Crippen LogP contribution in [0.2, 0.25) is 5.04 Å². The summed E-state index contributed by atoms with van der Waals surface area (Å²) in [6.45, 7) is 12.2. The van der Waals surface area contributed by atoms with Crippen LogP contribution in [0.4, 0.5) is 4.79 Å². The van der Waals surface area contributed by atoms with Crippen LogP contribution in [0, 0.1) is 11.3 Å². The number of ether oxygens (including phenoxy) is 1. The lowest BCUT2D eigenvalue weighted by atomic mass is 9.39.